The van der Waals surface area contributed by atoms with Gasteiger partial charge in [0.15, 0.2) is 0 Å². The minimum absolute atomic E-state index is 0.0937. The van der Waals surface area contributed by atoms with Gasteiger partial charge in [0, 0.05) is 25.1 Å². The van der Waals surface area contributed by atoms with E-state index in [0.717, 1.165) is 16.9 Å². The van der Waals surface area contributed by atoms with Crippen molar-refractivity contribution in [3.05, 3.63) is 64.4 Å². The molecule has 0 aliphatic heterocycles. The van der Waals surface area contributed by atoms with Crippen LogP contribution < -0.4 is 15.4 Å². The van der Waals surface area contributed by atoms with Crippen LogP contribution in [0.5, 0.6) is 5.75 Å². The molecule has 2 amide bonds. The first-order valence-electron chi connectivity index (χ1n) is 10.1. The normalized spacial score (nSPS) is 10.7. The van der Waals surface area contributed by atoms with Crippen LogP contribution in [0, 0.1) is 13.8 Å². The molecule has 0 saturated carbocycles. The molecule has 0 atom stereocenters. The first kappa shape index (κ1) is 22.5. The molecule has 7 nitrogen and oxygen atoms in total. The topological polar surface area (TPSA) is 93.2 Å². The van der Waals surface area contributed by atoms with Crippen LogP contribution in [0.25, 0.3) is 11.0 Å². The lowest BCUT2D eigenvalue weighted by atomic mass is 10.1. The van der Waals surface area contributed by atoms with Gasteiger partial charge in [0.05, 0.1) is 34.1 Å². The summed E-state index contributed by atoms with van der Waals surface area (Å²) in [6, 6.07) is 12.4. The first-order valence-corrected chi connectivity index (χ1v) is 10.5. The zero-order valence-corrected chi connectivity index (χ0v) is 18.3. The molecule has 0 unspecified atom stereocenters. The van der Waals surface area contributed by atoms with Gasteiger partial charge < -0.3 is 15.4 Å². The summed E-state index contributed by atoms with van der Waals surface area (Å²) >= 11 is 6.02. The zero-order valence-electron chi connectivity index (χ0n) is 17.6. The predicted molar refractivity (Wildman–Crippen MR) is 121 cm³/mol. The van der Waals surface area contributed by atoms with Crippen molar-refractivity contribution in [1.82, 2.24) is 20.6 Å². The van der Waals surface area contributed by atoms with E-state index in [-0.39, 0.29) is 11.8 Å². The lowest BCUT2D eigenvalue weighted by Crippen LogP contribution is -2.34. The molecule has 8 heteroatoms. The van der Waals surface area contributed by atoms with E-state index in [2.05, 4.69) is 20.6 Å². The Morgan fingerprint density at radius 3 is 2.45 bits per heavy atom. The summed E-state index contributed by atoms with van der Waals surface area (Å²) in [7, 11) is 0. The second kappa shape index (κ2) is 10.7. The lowest BCUT2D eigenvalue weighted by Gasteiger charge is -2.09. The highest BCUT2D eigenvalue weighted by Crippen LogP contribution is 2.23. The number of ether oxygens (including phenoxy) is 1. The van der Waals surface area contributed by atoms with Gasteiger partial charge in [-0.1, -0.05) is 23.7 Å². The van der Waals surface area contributed by atoms with Crippen LogP contribution in [0.2, 0.25) is 5.02 Å². The number of rotatable bonds is 9. The summed E-state index contributed by atoms with van der Waals surface area (Å²) in [6.07, 6.45) is 0.904. The summed E-state index contributed by atoms with van der Waals surface area (Å²) in [5.41, 5.74) is 3.66. The van der Waals surface area contributed by atoms with Crippen molar-refractivity contribution < 1.29 is 14.3 Å². The number of amides is 2. The van der Waals surface area contributed by atoms with Crippen LogP contribution in [0.1, 0.15) is 34.6 Å². The Morgan fingerprint density at radius 2 is 1.68 bits per heavy atom. The predicted octanol–water partition coefficient (Wildman–Crippen LogP) is 3.61. The van der Waals surface area contributed by atoms with E-state index in [1.807, 2.05) is 26.0 Å². The molecule has 0 aliphatic rings. The number of aryl methyl sites for hydroxylation is 2. The molecule has 0 aliphatic carbocycles. The summed E-state index contributed by atoms with van der Waals surface area (Å²) < 4.78 is 5.56. The maximum absolute atomic E-state index is 12.4. The lowest BCUT2D eigenvalue weighted by molar-refractivity contribution is -0.121. The van der Waals surface area contributed by atoms with Gasteiger partial charge in [-0.15, -0.1) is 0 Å². The summed E-state index contributed by atoms with van der Waals surface area (Å²) in [5, 5.41) is 6.13. The minimum Gasteiger partial charge on any atom is -0.492 e. The Bertz CT molecular complexity index is 1090. The van der Waals surface area contributed by atoms with Gasteiger partial charge in [-0.3, -0.25) is 9.59 Å². The Hall–Kier alpha value is -3.19. The molecule has 2 aromatic carbocycles. The molecule has 162 valence electrons. The molecule has 2 N–H and O–H groups in total. The van der Waals surface area contributed by atoms with Crippen LogP contribution in [0.4, 0.5) is 0 Å². The van der Waals surface area contributed by atoms with Crippen molar-refractivity contribution in [2.24, 2.45) is 0 Å². The van der Waals surface area contributed by atoms with Gasteiger partial charge in [0.25, 0.3) is 5.91 Å². The third-order valence-corrected chi connectivity index (χ3v) is 5.02. The van der Waals surface area contributed by atoms with Crippen molar-refractivity contribution in [1.29, 1.82) is 0 Å². The van der Waals surface area contributed by atoms with E-state index in [4.69, 9.17) is 16.3 Å². The Balaban J connectivity index is 1.36. The van der Waals surface area contributed by atoms with E-state index < -0.39 is 0 Å². The number of hydrogen-bond acceptors (Lipinski definition) is 5. The van der Waals surface area contributed by atoms with Gasteiger partial charge in [0.2, 0.25) is 5.91 Å². The number of fused-ring (bicyclic) bond motifs is 1. The fraction of sp³-hybridized carbons (Fsp3) is 0.304. The van der Waals surface area contributed by atoms with E-state index in [0.29, 0.717) is 54.4 Å². The number of nitrogens with zero attached hydrogens (tertiary/aromatic N) is 2. The fourth-order valence-corrected chi connectivity index (χ4v) is 3.11. The van der Waals surface area contributed by atoms with Crippen LogP contribution in [0.3, 0.4) is 0 Å². The van der Waals surface area contributed by atoms with Gasteiger partial charge in [-0.2, -0.15) is 0 Å². The molecule has 0 spiro atoms. The number of nitrogens with one attached hydrogen (secondary N) is 2. The third kappa shape index (κ3) is 6.39. The van der Waals surface area contributed by atoms with Crippen molar-refractivity contribution >= 4 is 34.4 Å². The smallest absolute Gasteiger partial charge is 0.251 e. The second-order valence-corrected chi connectivity index (χ2v) is 7.49. The van der Waals surface area contributed by atoms with Gasteiger partial charge in [0.1, 0.15) is 5.75 Å². The van der Waals surface area contributed by atoms with Crippen LogP contribution in [-0.4, -0.2) is 41.5 Å². The number of para-hydroxylation sites is 1. The molecule has 3 aromatic rings. The largest absolute Gasteiger partial charge is 0.492 e. The first-order chi connectivity index (χ1) is 14.9. The van der Waals surface area contributed by atoms with Crippen molar-refractivity contribution in [3.63, 3.8) is 0 Å². The number of carbonyl (C=O) groups excluding carboxylic acids is 2. The Kier molecular flexibility index (Phi) is 7.78. The highest BCUT2D eigenvalue weighted by molar-refractivity contribution is 6.32. The molecule has 3 rings (SSSR count). The number of aromatic nitrogens is 2. The standard InChI is InChI=1S/C23H25ClN4O3/c1-15-16(2)28-20-14-17(9-10-19(20)27-15)23(30)26-12-11-25-22(29)8-5-13-31-21-7-4-3-6-18(21)24/h3-4,6-7,9-10,14H,5,8,11-13H2,1-2H3,(H,25,29)(H,26,30). The van der Waals surface area contributed by atoms with E-state index in [1.165, 1.54) is 0 Å². The maximum Gasteiger partial charge on any atom is 0.251 e. The fourth-order valence-electron chi connectivity index (χ4n) is 2.92. The highest BCUT2D eigenvalue weighted by atomic mass is 35.5. The van der Waals surface area contributed by atoms with Crippen molar-refractivity contribution in [3.8, 4) is 5.75 Å². The monoisotopic (exact) mass is 440 g/mol. The molecular weight excluding hydrogens is 416 g/mol. The Morgan fingerprint density at radius 1 is 0.968 bits per heavy atom. The van der Waals surface area contributed by atoms with Crippen LogP contribution >= 0.6 is 11.6 Å². The number of carbonyl (C=O) groups is 2. The molecule has 1 aromatic heterocycles. The van der Waals surface area contributed by atoms with E-state index in [9.17, 15) is 9.59 Å². The van der Waals surface area contributed by atoms with Gasteiger partial charge in [-0.05, 0) is 50.6 Å². The van der Waals surface area contributed by atoms with E-state index in [1.54, 1.807) is 30.3 Å². The van der Waals surface area contributed by atoms with Crippen LogP contribution in [0.15, 0.2) is 42.5 Å². The highest BCUT2D eigenvalue weighted by Gasteiger charge is 2.09. The molecule has 1 heterocycles. The second-order valence-electron chi connectivity index (χ2n) is 7.09. The molecular formula is C23H25ClN4O3. The number of halogens is 1. The molecule has 0 radical (unpaired) electrons. The maximum atomic E-state index is 12.4. The zero-order chi connectivity index (χ0) is 22.2. The summed E-state index contributed by atoms with van der Waals surface area (Å²) in [6.45, 7) is 4.87. The average Bonchev–Trinajstić information content (AvgIpc) is 2.75. The molecule has 0 fully saturated rings. The van der Waals surface area contributed by atoms with E-state index >= 15 is 0 Å². The number of benzene rings is 2. The van der Waals surface area contributed by atoms with Gasteiger partial charge in [-0.25, -0.2) is 9.97 Å². The molecule has 31 heavy (non-hydrogen) atoms. The SMILES string of the molecule is Cc1nc2ccc(C(=O)NCCNC(=O)CCCOc3ccccc3Cl)cc2nc1C. The number of hydrogen-bond donors (Lipinski definition) is 2. The summed E-state index contributed by atoms with van der Waals surface area (Å²) in [5.74, 6) is 0.297. The third-order valence-electron chi connectivity index (χ3n) is 4.71. The van der Waals surface area contributed by atoms with Gasteiger partial charge >= 0.3 is 0 Å². The molecule has 0 saturated heterocycles. The molecule has 0 bridgehead atoms. The van der Waals surface area contributed by atoms with Crippen molar-refractivity contribution in [2.75, 3.05) is 19.7 Å². The van der Waals surface area contributed by atoms with Crippen LogP contribution in [-0.2, 0) is 4.79 Å². The Labute approximate surface area is 186 Å². The van der Waals surface area contributed by atoms with Crippen molar-refractivity contribution in [2.45, 2.75) is 26.7 Å². The average molecular weight is 441 g/mol. The quantitative estimate of drug-likeness (QED) is 0.496. The minimum atomic E-state index is -0.218. The summed E-state index contributed by atoms with van der Waals surface area (Å²) in [4.78, 5) is 33.2.